The van der Waals surface area contributed by atoms with Crippen molar-refractivity contribution in [2.75, 3.05) is 26.9 Å². The Hall–Kier alpha value is -2.44. The van der Waals surface area contributed by atoms with Gasteiger partial charge in [0.15, 0.2) is 31.3 Å². The number of Topliss-reactive ketones (excluding diaryl/α,β-unsaturated/α-hetero) is 2. The van der Waals surface area contributed by atoms with Crippen LogP contribution < -0.4 is 0 Å². The lowest BCUT2D eigenvalue weighted by atomic mass is 9.41. The predicted molar refractivity (Wildman–Crippen MR) is 281 cm³/mol. The van der Waals surface area contributed by atoms with Crippen LogP contribution in [0.5, 0.6) is 0 Å². The maximum atomic E-state index is 14.4. The molecule has 0 bridgehead atoms. The van der Waals surface area contributed by atoms with Gasteiger partial charge >= 0.3 is 5.97 Å². The summed E-state index contributed by atoms with van der Waals surface area (Å²) in [5.74, 6) is -1.58. The van der Waals surface area contributed by atoms with Gasteiger partial charge in [-0.1, -0.05) is 53.2 Å². The van der Waals surface area contributed by atoms with E-state index in [1.807, 2.05) is 34.6 Å². The fraction of sp³-hybridized carbons (Fsp3) is 0.906. The Morgan fingerprint density at radius 3 is 1.97 bits per heavy atom. The molecule has 0 amide bonds. The molecular formula is C53H79O31S3-3. The van der Waals surface area contributed by atoms with E-state index in [0.29, 0.717) is 32.1 Å². The fourth-order valence-electron chi connectivity index (χ4n) is 16.3. The number of fused-ring (bicyclic) bond motifs is 4. The van der Waals surface area contributed by atoms with Crippen LogP contribution >= 0.6 is 0 Å². The molecule has 9 rings (SSSR count). The van der Waals surface area contributed by atoms with Crippen LogP contribution in [0.25, 0.3) is 0 Å². The molecule has 0 aromatic carbocycles. The molecule has 4 aliphatic carbocycles. The lowest BCUT2D eigenvalue weighted by molar-refractivity contribution is -0.380. The van der Waals surface area contributed by atoms with Crippen LogP contribution in [-0.4, -0.2) is 236 Å². The highest BCUT2D eigenvalue weighted by molar-refractivity contribution is 7.81. The van der Waals surface area contributed by atoms with E-state index in [0.717, 1.165) is 12.7 Å². The molecule has 0 unspecified atom stereocenters. The van der Waals surface area contributed by atoms with E-state index < -0.39 is 207 Å². The normalized spacial score (nSPS) is 46.7. The molecule has 26 atom stereocenters. The van der Waals surface area contributed by atoms with Gasteiger partial charge in [-0.15, -0.1) is 0 Å². The number of aliphatic hydroxyl groups is 6. The standard InChI is InChI=1S/C53H82O31S3/c1-22(2)16-24(54)17-52(8)43-27(55)18-51(7)26-10-11-31-49(4,5)32(13-14-50(31,6)25(26)12-15-53(43,51)48(62)82-52)78-46-41(34(58)30(20-74-46)83-86(66,67)68)81-44-36(60)35(59)38(23(3)76-44)79-47-42(84-87(69,70)71)39(28(56)19-73-47)80-45-37(61)40(72-9)33(57)29(77-45)21-75-85(63,64)65/h10,22-23,25,28-47,56-61H,11-21H2,1-9H3,(H,63,64,65)(H,66,67,68)(H,69,70,71)/p-3/t23-,25-,28-,29-,30-,31+,32+,33-,34+,35-,36-,37-,38-,39+,40+,41-,42-,43-,44+,45+,46+,47+,50-,51+,52+,53-/m1/s1. The third-order valence-corrected chi connectivity index (χ3v) is 21.4. The van der Waals surface area contributed by atoms with Crippen molar-refractivity contribution in [2.45, 2.75) is 229 Å². The second-order valence-electron chi connectivity index (χ2n) is 26.3. The van der Waals surface area contributed by atoms with E-state index in [9.17, 15) is 83.9 Å². The monoisotopic (exact) mass is 1310 g/mol. The Balaban J connectivity index is 0.915. The van der Waals surface area contributed by atoms with Gasteiger partial charge in [0.2, 0.25) is 31.2 Å². The van der Waals surface area contributed by atoms with Crippen molar-refractivity contribution in [3.05, 3.63) is 11.6 Å². The van der Waals surface area contributed by atoms with Gasteiger partial charge in [-0.25, -0.2) is 25.3 Å². The summed E-state index contributed by atoms with van der Waals surface area (Å²) in [6.45, 7) is 12.3. The average molecular weight is 1310 g/mol. The zero-order valence-corrected chi connectivity index (χ0v) is 51.7. The molecule has 6 N–H and O–H groups in total. The number of ketones is 2. The largest absolute Gasteiger partial charge is 0.726 e. The van der Waals surface area contributed by atoms with Crippen molar-refractivity contribution in [3.8, 4) is 0 Å². The number of methoxy groups -OCH3 is 1. The number of cyclic esters (lactones) is 1. The van der Waals surface area contributed by atoms with Crippen molar-refractivity contribution in [2.24, 2.45) is 45.3 Å². The van der Waals surface area contributed by atoms with E-state index >= 15 is 0 Å². The summed E-state index contributed by atoms with van der Waals surface area (Å²) in [7, 11) is -15.7. The number of carbonyl (C=O) groups excluding carboxylic acids is 3. The van der Waals surface area contributed by atoms with Crippen LogP contribution in [0.4, 0.5) is 0 Å². The predicted octanol–water partition coefficient (Wildman–Crippen LogP) is -1.86. The van der Waals surface area contributed by atoms with E-state index in [1.165, 1.54) is 6.92 Å². The van der Waals surface area contributed by atoms with Crippen molar-refractivity contribution in [1.82, 2.24) is 0 Å². The van der Waals surface area contributed by atoms with Crippen LogP contribution in [-0.2, 0) is 105 Å². The second kappa shape index (κ2) is 24.8. The van der Waals surface area contributed by atoms with E-state index in [2.05, 4.69) is 21.4 Å². The smallest absolute Gasteiger partial charge is 0.314 e. The number of hydrogen-bond acceptors (Lipinski definition) is 31. The van der Waals surface area contributed by atoms with Crippen LogP contribution in [0.3, 0.4) is 0 Å². The Morgan fingerprint density at radius 1 is 0.713 bits per heavy atom. The molecule has 3 saturated carbocycles. The molecule has 8 fully saturated rings. The first-order valence-electron chi connectivity index (χ1n) is 28.8. The van der Waals surface area contributed by atoms with Gasteiger partial charge in [-0.05, 0) is 74.5 Å². The van der Waals surface area contributed by atoms with Gasteiger partial charge in [-0.2, -0.15) is 0 Å². The molecule has 5 aliphatic heterocycles. The Bertz CT molecular complexity index is 2950. The molecule has 87 heavy (non-hydrogen) atoms. The van der Waals surface area contributed by atoms with Crippen molar-refractivity contribution in [3.63, 3.8) is 0 Å². The number of allylic oxidation sites excluding steroid dienone is 2. The molecular weight excluding hydrogens is 1230 g/mol. The molecule has 9 aliphatic rings. The minimum atomic E-state index is -5.81. The summed E-state index contributed by atoms with van der Waals surface area (Å²) < 4.78 is 178. The number of aliphatic hydroxyl groups excluding tert-OH is 6. The minimum Gasteiger partial charge on any atom is -0.726 e. The van der Waals surface area contributed by atoms with Crippen LogP contribution in [0.1, 0.15) is 107 Å². The SMILES string of the molecule is CO[C@@H]1[C@@H](O)[C@H](O[C@@H]2[C@@H](OS(=O)(=O)[O-])[C@H](O[C@H]3[C@H](O)[C@@H](O)[C@H](O[C@H]4[C@H](O[C@H]5CC[C@]6(C)[C@@H]7CC[C@]89C(=O)O[C@@](C)(CC(=O)CC(C)C)[C@H]8C(=O)C[C@@]9(C)C7=CC[C@H]6C5(C)C)OC[C@@H](OS(=O)(=O)[O-])[C@@H]4O)O[C@@H]3C)OC[C@H]2O)O[C@H](COS(=O)(=O)[O-])[C@H]1O. The molecule has 1 spiro atoms. The molecule has 0 radical (unpaired) electrons. The molecule has 5 heterocycles. The zero-order chi connectivity index (χ0) is 64.3. The first kappa shape index (κ1) is 68.9. The second-order valence-corrected chi connectivity index (χ2v) is 29.4. The maximum absolute atomic E-state index is 14.4. The maximum Gasteiger partial charge on any atom is 0.314 e. The van der Waals surface area contributed by atoms with Gasteiger partial charge < -0.3 is 91.7 Å². The first-order chi connectivity index (χ1) is 40.2. The molecule has 0 aromatic heterocycles. The summed E-state index contributed by atoms with van der Waals surface area (Å²) >= 11 is 0. The summed E-state index contributed by atoms with van der Waals surface area (Å²) in [6, 6.07) is 0. The van der Waals surface area contributed by atoms with Gasteiger partial charge in [-0.3, -0.25) is 26.9 Å². The van der Waals surface area contributed by atoms with Crippen LogP contribution in [0.2, 0.25) is 0 Å². The molecule has 31 nitrogen and oxygen atoms in total. The van der Waals surface area contributed by atoms with Crippen molar-refractivity contribution < 1.29 is 144 Å². The number of rotatable bonds is 20. The van der Waals surface area contributed by atoms with Gasteiger partial charge in [0.05, 0.1) is 43.4 Å². The third-order valence-electron chi connectivity index (χ3n) is 20.0. The third kappa shape index (κ3) is 13.0. The van der Waals surface area contributed by atoms with E-state index in [4.69, 9.17) is 51.6 Å². The highest BCUT2D eigenvalue weighted by Crippen LogP contribution is 2.75. The summed E-state index contributed by atoms with van der Waals surface area (Å²) in [5.41, 5.74) is -3.50. The van der Waals surface area contributed by atoms with Crippen LogP contribution in [0, 0.1) is 45.3 Å². The van der Waals surface area contributed by atoms with Gasteiger partial charge in [0.1, 0.15) is 90.4 Å². The van der Waals surface area contributed by atoms with Crippen molar-refractivity contribution in [1.29, 1.82) is 0 Å². The first-order valence-corrected chi connectivity index (χ1v) is 32.8. The lowest BCUT2D eigenvalue weighted by Gasteiger charge is -2.63. The highest BCUT2D eigenvalue weighted by atomic mass is 32.3. The highest BCUT2D eigenvalue weighted by Gasteiger charge is 2.79. The quantitative estimate of drug-likeness (QED) is 0.0337. The fourth-order valence-corrected chi connectivity index (χ4v) is 17.5. The lowest BCUT2D eigenvalue weighted by Crippen LogP contribution is -2.66. The number of esters is 1. The van der Waals surface area contributed by atoms with E-state index in [1.54, 1.807) is 6.92 Å². The zero-order valence-electron chi connectivity index (χ0n) is 49.2. The Kier molecular flexibility index (Phi) is 19.6. The summed E-state index contributed by atoms with van der Waals surface area (Å²) in [6.07, 6.45) is -31.1. The van der Waals surface area contributed by atoms with E-state index in [-0.39, 0.29) is 48.6 Å². The molecule has 34 heteroatoms. The Labute approximate surface area is 503 Å². The molecule has 5 saturated heterocycles. The summed E-state index contributed by atoms with van der Waals surface area (Å²) in [4.78, 5) is 42.0. The number of carbonyl (C=O) groups is 3. The summed E-state index contributed by atoms with van der Waals surface area (Å²) in [5, 5.41) is 67.9. The molecule has 498 valence electrons. The molecule has 0 aromatic rings. The topological polar surface area (TPSA) is 464 Å². The van der Waals surface area contributed by atoms with Crippen LogP contribution in [0.15, 0.2) is 11.6 Å². The number of hydrogen-bond donors (Lipinski definition) is 6. The van der Waals surface area contributed by atoms with Gasteiger partial charge in [0, 0.05) is 31.8 Å². The minimum absolute atomic E-state index is 0.0573. The van der Waals surface area contributed by atoms with Gasteiger partial charge in [0.25, 0.3) is 0 Å². The average Bonchev–Trinajstić information content (AvgIpc) is 1.53. The van der Waals surface area contributed by atoms with Crippen molar-refractivity contribution >= 4 is 48.7 Å². The number of ether oxygens (including phenoxy) is 10. The Morgan fingerprint density at radius 2 is 1.33 bits per heavy atom.